The van der Waals surface area contributed by atoms with E-state index < -0.39 is 5.95 Å². The molecule has 0 bridgehead atoms. The summed E-state index contributed by atoms with van der Waals surface area (Å²) in [6.07, 6.45) is 1.28. The zero-order chi connectivity index (χ0) is 13.1. The Morgan fingerprint density at radius 2 is 1.89 bits per heavy atom. The number of aryl methyl sites for hydroxylation is 1. The van der Waals surface area contributed by atoms with Crippen LogP contribution in [0.4, 0.5) is 10.1 Å². The van der Waals surface area contributed by atoms with Crippen LogP contribution in [0.3, 0.4) is 0 Å². The highest BCUT2D eigenvalue weighted by atomic mass is 19.1. The molecular weight excluding hydrogens is 231 g/mol. The molecule has 18 heavy (non-hydrogen) atoms. The van der Waals surface area contributed by atoms with Gasteiger partial charge >= 0.3 is 0 Å². The Labute approximate surface area is 105 Å². The molecule has 0 atom stereocenters. The van der Waals surface area contributed by atoms with Crippen LogP contribution in [-0.4, -0.2) is 17.9 Å². The van der Waals surface area contributed by atoms with Crippen molar-refractivity contribution in [3.05, 3.63) is 59.7 Å². The van der Waals surface area contributed by atoms with Crippen molar-refractivity contribution in [1.29, 1.82) is 0 Å². The summed E-state index contributed by atoms with van der Waals surface area (Å²) in [5.41, 5.74) is 2.17. The van der Waals surface area contributed by atoms with Gasteiger partial charge in [-0.15, -0.1) is 0 Å². The molecule has 2 aromatic rings. The van der Waals surface area contributed by atoms with Crippen molar-refractivity contribution in [3.8, 4) is 0 Å². The molecule has 0 aliphatic carbocycles. The minimum absolute atomic E-state index is 0.264. The van der Waals surface area contributed by atoms with Crippen molar-refractivity contribution in [3.63, 3.8) is 0 Å². The normalized spacial score (nSPS) is 10.2. The molecule has 0 unspecified atom stereocenters. The number of hydrogen-bond acceptors (Lipinski definition) is 2. The predicted molar refractivity (Wildman–Crippen MR) is 68.1 cm³/mol. The molecule has 1 amide bonds. The highest BCUT2D eigenvalue weighted by Crippen LogP contribution is 2.16. The van der Waals surface area contributed by atoms with Crippen LogP contribution in [-0.2, 0) is 0 Å². The molecule has 0 spiro atoms. The number of benzene rings is 1. The summed E-state index contributed by atoms with van der Waals surface area (Å²) >= 11 is 0. The van der Waals surface area contributed by atoms with Crippen molar-refractivity contribution in [2.45, 2.75) is 6.92 Å². The molecule has 3 nitrogen and oxygen atoms in total. The zero-order valence-corrected chi connectivity index (χ0v) is 10.2. The largest absolute Gasteiger partial charge is 0.311 e. The minimum atomic E-state index is -0.654. The van der Waals surface area contributed by atoms with E-state index in [9.17, 15) is 9.18 Å². The van der Waals surface area contributed by atoms with Gasteiger partial charge in [0.15, 0.2) is 0 Å². The highest BCUT2D eigenvalue weighted by molar-refractivity contribution is 6.05. The Kier molecular flexibility index (Phi) is 3.37. The number of aromatic nitrogens is 1. The van der Waals surface area contributed by atoms with E-state index in [0.29, 0.717) is 0 Å². The second kappa shape index (κ2) is 4.96. The first-order chi connectivity index (χ1) is 8.58. The highest BCUT2D eigenvalue weighted by Gasteiger charge is 2.13. The fourth-order valence-electron chi connectivity index (χ4n) is 1.61. The van der Waals surface area contributed by atoms with E-state index in [4.69, 9.17) is 0 Å². The summed E-state index contributed by atoms with van der Waals surface area (Å²) in [5, 5.41) is 0. The van der Waals surface area contributed by atoms with Gasteiger partial charge in [-0.1, -0.05) is 17.7 Å². The number of nitrogens with zero attached hydrogens (tertiary/aromatic N) is 2. The van der Waals surface area contributed by atoms with Gasteiger partial charge in [-0.2, -0.15) is 4.39 Å². The summed E-state index contributed by atoms with van der Waals surface area (Å²) < 4.78 is 13.0. The van der Waals surface area contributed by atoms with E-state index >= 15 is 0 Å². The van der Waals surface area contributed by atoms with Crippen LogP contribution in [0.2, 0.25) is 0 Å². The molecule has 2 rings (SSSR count). The first kappa shape index (κ1) is 12.2. The van der Waals surface area contributed by atoms with Crippen LogP contribution in [0.25, 0.3) is 0 Å². The maximum atomic E-state index is 13.0. The number of anilines is 1. The molecule has 0 aliphatic rings. The molecule has 0 aliphatic heterocycles. The predicted octanol–water partition coefficient (Wildman–Crippen LogP) is 2.81. The van der Waals surface area contributed by atoms with Gasteiger partial charge in [-0.3, -0.25) is 4.79 Å². The molecule has 1 aromatic heterocycles. The van der Waals surface area contributed by atoms with Crippen LogP contribution in [0, 0.1) is 12.9 Å². The molecule has 0 saturated carbocycles. The van der Waals surface area contributed by atoms with Crippen molar-refractivity contribution in [2.24, 2.45) is 0 Å². The second-order valence-corrected chi connectivity index (χ2v) is 4.07. The van der Waals surface area contributed by atoms with E-state index in [0.717, 1.165) is 17.3 Å². The molecule has 92 valence electrons. The minimum Gasteiger partial charge on any atom is -0.311 e. The number of rotatable bonds is 2. The number of pyridine rings is 1. The number of carbonyl (C=O) groups excluding carboxylic acids is 1. The van der Waals surface area contributed by atoms with Gasteiger partial charge < -0.3 is 4.90 Å². The molecule has 0 N–H and O–H groups in total. The van der Waals surface area contributed by atoms with Gasteiger partial charge in [-0.25, -0.2) is 4.98 Å². The van der Waals surface area contributed by atoms with Crippen molar-refractivity contribution in [2.75, 3.05) is 11.9 Å². The van der Waals surface area contributed by atoms with Gasteiger partial charge in [0.05, 0.1) is 0 Å². The lowest BCUT2D eigenvalue weighted by molar-refractivity contribution is 0.0992. The summed E-state index contributed by atoms with van der Waals surface area (Å²) in [7, 11) is 1.66. The van der Waals surface area contributed by atoms with Gasteiger partial charge in [0, 0.05) is 30.6 Å². The Hall–Kier alpha value is -2.23. The quantitative estimate of drug-likeness (QED) is 0.761. The molecular formula is C14H13FN2O. The SMILES string of the molecule is Cc1ccc(N(C)C(=O)c2ccnc(F)c2)cc1. The lowest BCUT2D eigenvalue weighted by atomic mass is 10.2. The Bertz CT molecular complexity index is 566. The smallest absolute Gasteiger partial charge is 0.258 e. The van der Waals surface area contributed by atoms with Crippen LogP contribution < -0.4 is 4.90 Å². The number of carbonyl (C=O) groups is 1. The van der Waals surface area contributed by atoms with Crippen molar-refractivity contribution >= 4 is 11.6 Å². The molecule has 0 saturated heterocycles. The lowest BCUT2D eigenvalue weighted by Crippen LogP contribution is -2.26. The maximum Gasteiger partial charge on any atom is 0.258 e. The van der Waals surface area contributed by atoms with Crippen LogP contribution in [0.1, 0.15) is 15.9 Å². The first-order valence-electron chi connectivity index (χ1n) is 5.54. The third-order valence-electron chi connectivity index (χ3n) is 2.70. The first-order valence-corrected chi connectivity index (χ1v) is 5.54. The number of halogens is 1. The average Bonchev–Trinajstić information content (AvgIpc) is 2.38. The van der Waals surface area contributed by atoms with E-state index in [2.05, 4.69) is 4.98 Å². The van der Waals surface area contributed by atoms with Crippen LogP contribution >= 0.6 is 0 Å². The summed E-state index contributed by atoms with van der Waals surface area (Å²) in [6.45, 7) is 1.98. The molecule has 1 aromatic carbocycles. The monoisotopic (exact) mass is 244 g/mol. The van der Waals surface area contributed by atoms with Crippen molar-refractivity contribution in [1.82, 2.24) is 4.98 Å². The number of amides is 1. The molecule has 0 radical (unpaired) electrons. The Balaban J connectivity index is 2.26. The third kappa shape index (κ3) is 2.53. The number of hydrogen-bond donors (Lipinski definition) is 0. The summed E-state index contributed by atoms with van der Waals surface area (Å²) in [6, 6.07) is 10.2. The maximum absolute atomic E-state index is 13.0. The van der Waals surface area contributed by atoms with Crippen LogP contribution in [0.5, 0.6) is 0 Å². The second-order valence-electron chi connectivity index (χ2n) is 4.07. The fourth-order valence-corrected chi connectivity index (χ4v) is 1.61. The van der Waals surface area contributed by atoms with E-state index in [-0.39, 0.29) is 11.5 Å². The summed E-state index contributed by atoms with van der Waals surface area (Å²) in [5.74, 6) is -0.918. The zero-order valence-electron chi connectivity index (χ0n) is 10.2. The topological polar surface area (TPSA) is 33.2 Å². The molecule has 4 heteroatoms. The van der Waals surface area contributed by atoms with Gasteiger partial charge in [0.25, 0.3) is 5.91 Å². The average molecular weight is 244 g/mol. The van der Waals surface area contributed by atoms with Crippen molar-refractivity contribution < 1.29 is 9.18 Å². The van der Waals surface area contributed by atoms with E-state index in [1.807, 2.05) is 31.2 Å². The summed E-state index contributed by atoms with van der Waals surface area (Å²) in [4.78, 5) is 17.0. The third-order valence-corrected chi connectivity index (χ3v) is 2.70. The molecule has 1 heterocycles. The Morgan fingerprint density at radius 3 is 2.50 bits per heavy atom. The van der Waals surface area contributed by atoms with Gasteiger partial charge in [-0.05, 0) is 25.1 Å². The van der Waals surface area contributed by atoms with Gasteiger partial charge in [0.1, 0.15) is 0 Å². The fraction of sp³-hybridized carbons (Fsp3) is 0.143. The Morgan fingerprint density at radius 1 is 1.22 bits per heavy atom. The standard InChI is InChI=1S/C14H13FN2O/c1-10-3-5-12(6-4-10)17(2)14(18)11-7-8-16-13(15)9-11/h3-9H,1-2H3. The van der Waals surface area contributed by atoms with Gasteiger partial charge in [0.2, 0.25) is 5.95 Å². The molecule has 0 fully saturated rings. The van der Waals surface area contributed by atoms with E-state index in [1.54, 1.807) is 7.05 Å². The van der Waals surface area contributed by atoms with E-state index in [1.165, 1.54) is 17.2 Å². The lowest BCUT2D eigenvalue weighted by Gasteiger charge is -2.17. The van der Waals surface area contributed by atoms with Crippen LogP contribution in [0.15, 0.2) is 42.6 Å².